The van der Waals surface area contributed by atoms with E-state index in [2.05, 4.69) is 27.9 Å². The van der Waals surface area contributed by atoms with Crippen molar-refractivity contribution in [3.63, 3.8) is 0 Å². The van der Waals surface area contributed by atoms with Gasteiger partial charge in [-0.2, -0.15) is 0 Å². The van der Waals surface area contributed by atoms with E-state index in [1.807, 2.05) is 61.5 Å². The summed E-state index contributed by atoms with van der Waals surface area (Å²) in [5.74, 6) is 0. The molecular weight excluding hydrogens is 405 g/mol. The van der Waals surface area contributed by atoms with Gasteiger partial charge in [0.1, 0.15) is 12.2 Å². The van der Waals surface area contributed by atoms with E-state index in [0.29, 0.717) is 6.54 Å². The number of nitrogens with one attached hydrogen (secondary N) is 1. The molecule has 0 unspecified atom stereocenters. The van der Waals surface area contributed by atoms with Crippen LogP contribution < -0.4 is 5.32 Å². The molecule has 0 aliphatic heterocycles. The van der Waals surface area contributed by atoms with Crippen molar-refractivity contribution in [1.82, 2.24) is 5.32 Å². The van der Waals surface area contributed by atoms with Crippen LogP contribution in [0.2, 0.25) is 0 Å². The van der Waals surface area contributed by atoms with Crippen LogP contribution in [0.4, 0.5) is 4.79 Å². The van der Waals surface area contributed by atoms with Gasteiger partial charge in [-0.15, -0.1) is 0 Å². The highest BCUT2D eigenvalue weighted by molar-refractivity contribution is 14.1. The second-order valence-corrected chi connectivity index (χ2v) is 6.29. The van der Waals surface area contributed by atoms with Crippen LogP contribution in [0.15, 0.2) is 54.6 Å². The summed E-state index contributed by atoms with van der Waals surface area (Å²) in [7, 11) is 1.62. The summed E-state index contributed by atoms with van der Waals surface area (Å²) < 4.78 is 12.1. The van der Waals surface area contributed by atoms with Crippen LogP contribution in [0.1, 0.15) is 24.2 Å². The Morgan fingerprint density at radius 3 is 2.43 bits per heavy atom. The van der Waals surface area contributed by atoms with E-state index in [1.165, 1.54) is 0 Å². The second kappa shape index (κ2) is 8.88. The molecule has 5 heteroatoms. The third-order valence-electron chi connectivity index (χ3n) is 3.46. The van der Waals surface area contributed by atoms with Crippen LogP contribution in [0, 0.1) is 3.57 Å². The standard InChI is InChI=1S/C18H20INO3/c1-13(17(22-2)15-10-6-7-11-16(15)19)23-18(21)20-12-14-8-4-3-5-9-14/h3-11,13,17H,12H2,1-2H3,(H,20,21)/t13-,17+/m0/s1. The van der Waals surface area contributed by atoms with Gasteiger partial charge in [0.15, 0.2) is 0 Å². The summed E-state index contributed by atoms with van der Waals surface area (Å²) in [6.45, 7) is 2.27. The van der Waals surface area contributed by atoms with Gasteiger partial charge >= 0.3 is 6.09 Å². The topological polar surface area (TPSA) is 47.6 Å². The lowest BCUT2D eigenvalue weighted by Gasteiger charge is -2.24. The average molecular weight is 425 g/mol. The second-order valence-electron chi connectivity index (χ2n) is 5.13. The molecule has 2 atom stereocenters. The van der Waals surface area contributed by atoms with Crippen molar-refractivity contribution in [2.45, 2.75) is 25.7 Å². The monoisotopic (exact) mass is 425 g/mol. The summed E-state index contributed by atoms with van der Waals surface area (Å²) >= 11 is 2.25. The first kappa shape index (κ1) is 17.7. The van der Waals surface area contributed by atoms with E-state index in [-0.39, 0.29) is 6.10 Å². The van der Waals surface area contributed by atoms with Crippen molar-refractivity contribution in [1.29, 1.82) is 0 Å². The van der Waals surface area contributed by atoms with Crippen molar-refractivity contribution in [2.24, 2.45) is 0 Å². The number of ether oxygens (including phenoxy) is 2. The number of benzene rings is 2. The smallest absolute Gasteiger partial charge is 0.407 e. The molecule has 1 N–H and O–H groups in total. The Morgan fingerprint density at radius 1 is 1.13 bits per heavy atom. The molecule has 0 saturated carbocycles. The maximum absolute atomic E-state index is 12.0. The fourth-order valence-corrected chi connectivity index (χ4v) is 3.01. The molecule has 0 saturated heterocycles. The lowest BCUT2D eigenvalue weighted by atomic mass is 10.1. The Morgan fingerprint density at radius 2 is 1.78 bits per heavy atom. The molecule has 122 valence electrons. The van der Waals surface area contributed by atoms with Crippen LogP contribution >= 0.6 is 22.6 Å². The van der Waals surface area contributed by atoms with Gasteiger partial charge in [-0.1, -0.05) is 48.5 Å². The van der Waals surface area contributed by atoms with Gasteiger partial charge in [0.05, 0.1) is 0 Å². The van der Waals surface area contributed by atoms with E-state index in [4.69, 9.17) is 9.47 Å². The summed E-state index contributed by atoms with van der Waals surface area (Å²) in [5.41, 5.74) is 2.04. The van der Waals surface area contributed by atoms with Gasteiger partial charge in [-0.25, -0.2) is 4.79 Å². The zero-order valence-electron chi connectivity index (χ0n) is 13.2. The number of halogens is 1. The van der Waals surface area contributed by atoms with Crippen LogP contribution in [0.3, 0.4) is 0 Å². The van der Waals surface area contributed by atoms with Gasteiger partial charge in [-0.05, 0) is 46.7 Å². The van der Waals surface area contributed by atoms with Crippen LogP contribution in [0.5, 0.6) is 0 Å². The number of carbonyl (C=O) groups excluding carboxylic acids is 1. The van der Waals surface area contributed by atoms with E-state index in [9.17, 15) is 4.79 Å². The molecule has 0 spiro atoms. The van der Waals surface area contributed by atoms with E-state index in [1.54, 1.807) is 7.11 Å². The first-order chi connectivity index (χ1) is 11.1. The predicted octanol–water partition coefficient (Wildman–Crippen LogP) is 4.29. The zero-order chi connectivity index (χ0) is 16.7. The first-order valence-electron chi connectivity index (χ1n) is 7.37. The molecule has 4 nitrogen and oxygen atoms in total. The molecule has 2 rings (SSSR count). The molecule has 0 aromatic heterocycles. The molecule has 23 heavy (non-hydrogen) atoms. The van der Waals surface area contributed by atoms with Crippen molar-refractivity contribution < 1.29 is 14.3 Å². The van der Waals surface area contributed by atoms with Gasteiger partial charge in [-0.3, -0.25) is 0 Å². The minimum absolute atomic E-state index is 0.300. The number of alkyl carbamates (subject to hydrolysis) is 1. The highest BCUT2D eigenvalue weighted by atomic mass is 127. The first-order valence-corrected chi connectivity index (χ1v) is 8.45. The largest absolute Gasteiger partial charge is 0.443 e. The molecule has 0 aliphatic carbocycles. The molecule has 0 heterocycles. The van der Waals surface area contributed by atoms with Crippen LogP contribution in [-0.4, -0.2) is 19.3 Å². The summed E-state index contributed by atoms with van der Waals surface area (Å²) in [4.78, 5) is 12.0. The lowest BCUT2D eigenvalue weighted by Crippen LogP contribution is -2.31. The minimum Gasteiger partial charge on any atom is -0.443 e. The highest BCUT2D eigenvalue weighted by Gasteiger charge is 2.24. The van der Waals surface area contributed by atoms with Gasteiger partial charge in [0.25, 0.3) is 0 Å². The maximum atomic E-state index is 12.0. The third kappa shape index (κ3) is 5.21. The maximum Gasteiger partial charge on any atom is 0.407 e. The zero-order valence-corrected chi connectivity index (χ0v) is 15.3. The number of hydrogen-bond acceptors (Lipinski definition) is 3. The molecule has 1 amide bonds. The Kier molecular flexibility index (Phi) is 6.85. The minimum atomic E-state index is -0.450. The van der Waals surface area contributed by atoms with Crippen molar-refractivity contribution in [3.05, 3.63) is 69.3 Å². The lowest BCUT2D eigenvalue weighted by molar-refractivity contribution is -0.0153. The quantitative estimate of drug-likeness (QED) is 0.703. The summed E-state index contributed by atoms with van der Waals surface area (Å²) in [5, 5.41) is 2.76. The van der Waals surface area contributed by atoms with Crippen molar-refractivity contribution in [2.75, 3.05) is 7.11 Å². The van der Waals surface area contributed by atoms with E-state index >= 15 is 0 Å². The molecule has 2 aromatic carbocycles. The summed E-state index contributed by atoms with van der Waals surface area (Å²) in [6, 6.07) is 17.6. The van der Waals surface area contributed by atoms with Gasteiger partial charge in [0.2, 0.25) is 0 Å². The number of rotatable bonds is 6. The number of hydrogen-bond donors (Lipinski definition) is 1. The third-order valence-corrected chi connectivity index (χ3v) is 4.45. The summed E-state index contributed by atoms with van der Waals surface area (Å²) in [6.07, 6.45) is -1.15. The van der Waals surface area contributed by atoms with Crippen LogP contribution in [-0.2, 0) is 16.0 Å². The Bertz CT molecular complexity index is 633. The van der Waals surface area contributed by atoms with E-state index < -0.39 is 12.2 Å². The normalized spacial score (nSPS) is 13.2. The Labute approximate surface area is 150 Å². The van der Waals surface area contributed by atoms with Gasteiger partial charge < -0.3 is 14.8 Å². The fraction of sp³-hybridized carbons (Fsp3) is 0.278. The number of methoxy groups -OCH3 is 1. The Balaban J connectivity index is 1.92. The number of carbonyl (C=O) groups is 1. The fourth-order valence-electron chi connectivity index (χ4n) is 2.32. The van der Waals surface area contributed by atoms with E-state index in [0.717, 1.165) is 14.7 Å². The molecule has 0 fully saturated rings. The molecule has 2 aromatic rings. The molecule has 0 bridgehead atoms. The molecule has 0 aliphatic rings. The number of amides is 1. The van der Waals surface area contributed by atoms with Crippen LogP contribution in [0.25, 0.3) is 0 Å². The predicted molar refractivity (Wildman–Crippen MR) is 98.1 cm³/mol. The SMILES string of the molecule is CO[C@@H](c1ccccc1I)[C@H](C)OC(=O)NCc1ccccc1. The molecular formula is C18H20INO3. The van der Waals surface area contributed by atoms with Crippen molar-refractivity contribution >= 4 is 28.7 Å². The van der Waals surface area contributed by atoms with Crippen molar-refractivity contribution in [3.8, 4) is 0 Å². The van der Waals surface area contributed by atoms with Gasteiger partial charge in [0, 0.05) is 17.2 Å². The Hall–Kier alpha value is -1.60. The average Bonchev–Trinajstić information content (AvgIpc) is 2.56. The molecule has 0 radical (unpaired) electrons. The highest BCUT2D eigenvalue weighted by Crippen LogP contribution is 2.27.